The van der Waals surface area contributed by atoms with Crippen molar-refractivity contribution in [1.29, 1.82) is 0 Å². The van der Waals surface area contributed by atoms with Gasteiger partial charge in [0.25, 0.3) is 0 Å². The summed E-state index contributed by atoms with van der Waals surface area (Å²) in [6.07, 6.45) is 2.77. The predicted molar refractivity (Wildman–Crippen MR) is 104 cm³/mol. The Morgan fingerprint density at radius 3 is 2.56 bits per heavy atom. The van der Waals surface area contributed by atoms with Crippen LogP contribution in [0.2, 0.25) is 0 Å². The largest absolute Gasteiger partial charge is 0.497 e. The summed E-state index contributed by atoms with van der Waals surface area (Å²) in [4.78, 5) is 19.8. The number of amides is 1. The minimum atomic E-state index is 0.343. The molecule has 3 aliphatic heterocycles. The maximum Gasteiger partial charge on any atom is 0.222 e. The molecule has 3 heterocycles. The van der Waals surface area contributed by atoms with E-state index < -0.39 is 0 Å². The molecule has 1 amide bonds. The summed E-state index contributed by atoms with van der Waals surface area (Å²) in [5.41, 5.74) is 1.31. The second-order valence-corrected chi connectivity index (χ2v) is 7.82. The van der Waals surface area contributed by atoms with Gasteiger partial charge >= 0.3 is 0 Å². The summed E-state index contributed by atoms with van der Waals surface area (Å²) in [5, 5.41) is 0. The number of benzene rings is 1. The van der Waals surface area contributed by atoms with Gasteiger partial charge in [-0.05, 0) is 30.5 Å². The van der Waals surface area contributed by atoms with Crippen LogP contribution in [0.4, 0.5) is 0 Å². The van der Waals surface area contributed by atoms with Crippen molar-refractivity contribution in [3.8, 4) is 5.75 Å². The van der Waals surface area contributed by atoms with E-state index in [4.69, 9.17) is 9.47 Å². The summed E-state index contributed by atoms with van der Waals surface area (Å²) < 4.78 is 10.7. The van der Waals surface area contributed by atoms with Gasteiger partial charge < -0.3 is 14.4 Å². The van der Waals surface area contributed by atoms with E-state index in [1.54, 1.807) is 7.11 Å². The predicted octanol–water partition coefficient (Wildman–Crippen LogP) is 1.59. The van der Waals surface area contributed by atoms with Crippen LogP contribution in [-0.4, -0.2) is 85.7 Å². The van der Waals surface area contributed by atoms with Gasteiger partial charge in [0.1, 0.15) is 5.75 Å². The second-order valence-electron chi connectivity index (χ2n) is 7.82. The third-order valence-corrected chi connectivity index (χ3v) is 6.31. The van der Waals surface area contributed by atoms with E-state index in [2.05, 4.69) is 26.8 Å². The van der Waals surface area contributed by atoms with Crippen molar-refractivity contribution in [2.24, 2.45) is 0 Å². The molecule has 0 bridgehead atoms. The molecule has 0 N–H and O–H groups in total. The van der Waals surface area contributed by atoms with Gasteiger partial charge in [0.15, 0.2) is 0 Å². The summed E-state index contributed by atoms with van der Waals surface area (Å²) in [5.74, 6) is 1.24. The summed E-state index contributed by atoms with van der Waals surface area (Å²) in [6, 6.07) is 9.23. The Bertz CT molecular complexity index is 630. The second kappa shape index (κ2) is 8.59. The summed E-state index contributed by atoms with van der Waals surface area (Å²) >= 11 is 0. The molecule has 148 valence electrons. The zero-order chi connectivity index (χ0) is 18.6. The van der Waals surface area contributed by atoms with Gasteiger partial charge in [-0.1, -0.05) is 12.1 Å². The summed E-state index contributed by atoms with van der Waals surface area (Å²) in [6.45, 7) is 7.46. The van der Waals surface area contributed by atoms with Crippen molar-refractivity contribution in [2.45, 2.75) is 37.9 Å². The number of hydrogen-bond acceptors (Lipinski definition) is 5. The van der Waals surface area contributed by atoms with Crippen molar-refractivity contribution in [3.05, 3.63) is 29.8 Å². The van der Waals surface area contributed by atoms with E-state index >= 15 is 0 Å². The monoisotopic (exact) mass is 373 g/mol. The lowest BCUT2D eigenvalue weighted by Crippen LogP contribution is -2.54. The SMILES string of the molecule is COc1ccc(CN2CC[C@@H]3[C@H]2CCC(=O)N3CCN2CCOCC2)cc1. The number of hydrogen-bond donors (Lipinski definition) is 0. The van der Waals surface area contributed by atoms with Gasteiger partial charge in [0.05, 0.1) is 20.3 Å². The minimum absolute atomic E-state index is 0.343. The third kappa shape index (κ3) is 4.28. The van der Waals surface area contributed by atoms with Crippen LogP contribution in [0.3, 0.4) is 0 Å². The number of methoxy groups -OCH3 is 1. The molecule has 0 aliphatic carbocycles. The first-order chi connectivity index (χ1) is 13.2. The molecule has 6 nitrogen and oxygen atoms in total. The zero-order valence-corrected chi connectivity index (χ0v) is 16.3. The molecule has 3 aliphatic rings. The van der Waals surface area contributed by atoms with Gasteiger partial charge in [-0.3, -0.25) is 14.6 Å². The number of nitrogens with zero attached hydrogens (tertiary/aromatic N) is 3. The molecule has 6 heteroatoms. The summed E-state index contributed by atoms with van der Waals surface area (Å²) in [7, 11) is 1.70. The quantitative estimate of drug-likeness (QED) is 0.758. The fourth-order valence-corrected chi connectivity index (χ4v) is 4.76. The lowest BCUT2D eigenvalue weighted by molar-refractivity contribution is -0.138. The minimum Gasteiger partial charge on any atom is -0.497 e. The highest BCUT2D eigenvalue weighted by atomic mass is 16.5. The highest BCUT2D eigenvalue weighted by Gasteiger charge is 2.42. The van der Waals surface area contributed by atoms with Gasteiger partial charge in [-0.2, -0.15) is 0 Å². The number of piperidine rings is 1. The lowest BCUT2D eigenvalue weighted by atomic mass is 9.96. The van der Waals surface area contributed by atoms with Gasteiger partial charge in [-0.25, -0.2) is 0 Å². The van der Waals surface area contributed by atoms with Crippen LogP contribution in [-0.2, 0) is 16.1 Å². The molecule has 3 saturated heterocycles. The Kier molecular flexibility index (Phi) is 5.95. The molecule has 0 aromatic heterocycles. The molecule has 0 spiro atoms. The fourth-order valence-electron chi connectivity index (χ4n) is 4.76. The maximum atomic E-state index is 12.6. The zero-order valence-electron chi connectivity index (χ0n) is 16.3. The van der Waals surface area contributed by atoms with Crippen molar-refractivity contribution in [3.63, 3.8) is 0 Å². The first kappa shape index (κ1) is 18.7. The number of rotatable bonds is 6. The number of morpholine rings is 1. The average Bonchev–Trinajstić information content (AvgIpc) is 3.11. The van der Waals surface area contributed by atoms with Crippen LogP contribution < -0.4 is 4.74 Å². The van der Waals surface area contributed by atoms with Crippen molar-refractivity contribution < 1.29 is 14.3 Å². The van der Waals surface area contributed by atoms with E-state index in [1.807, 2.05) is 12.1 Å². The molecule has 0 saturated carbocycles. The number of ether oxygens (including phenoxy) is 2. The van der Waals surface area contributed by atoms with Crippen LogP contribution in [0.1, 0.15) is 24.8 Å². The van der Waals surface area contributed by atoms with Gasteiger partial charge in [-0.15, -0.1) is 0 Å². The molecular formula is C21H31N3O3. The van der Waals surface area contributed by atoms with Crippen LogP contribution in [0.25, 0.3) is 0 Å². The Morgan fingerprint density at radius 2 is 1.81 bits per heavy atom. The normalized spacial score (nSPS) is 27.0. The Labute approximate surface area is 162 Å². The first-order valence-electron chi connectivity index (χ1n) is 10.2. The number of carbonyl (C=O) groups is 1. The molecule has 27 heavy (non-hydrogen) atoms. The van der Waals surface area contributed by atoms with E-state index in [0.717, 1.165) is 71.1 Å². The van der Waals surface area contributed by atoms with Gasteiger partial charge in [0.2, 0.25) is 5.91 Å². The molecule has 0 unspecified atom stereocenters. The van der Waals surface area contributed by atoms with Crippen molar-refractivity contribution >= 4 is 5.91 Å². The van der Waals surface area contributed by atoms with Gasteiger partial charge in [0, 0.05) is 57.8 Å². The molecular weight excluding hydrogens is 342 g/mol. The molecule has 2 atom stereocenters. The van der Waals surface area contributed by atoms with Crippen LogP contribution in [0.5, 0.6) is 5.75 Å². The van der Waals surface area contributed by atoms with Crippen LogP contribution in [0.15, 0.2) is 24.3 Å². The topological polar surface area (TPSA) is 45.2 Å². The highest BCUT2D eigenvalue weighted by Crippen LogP contribution is 2.32. The smallest absolute Gasteiger partial charge is 0.222 e. The van der Waals surface area contributed by atoms with Crippen LogP contribution >= 0.6 is 0 Å². The molecule has 3 fully saturated rings. The number of fused-ring (bicyclic) bond motifs is 1. The van der Waals surface area contributed by atoms with E-state index in [-0.39, 0.29) is 0 Å². The number of carbonyl (C=O) groups excluding carboxylic acids is 1. The van der Waals surface area contributed by atoms with Crippen LogP contribution in [0, 0.1) is 0 Å². The maximum absolute atomic E-state index is 12.6. The molecule has 1 aromatic rings. The molecule has 0 radical (unpaired) electrons. The number of likely N-dealkylation sites (tertiary alicyclic amines) is 2. The Hall–Kier alpha value is -1.63. The first-order valence-corrected chi connectivity index (χ1v) is 10.2. The van der Waals surface area contributed by atoms with Crippen molar-refractivity contribution in [1.82, 2.24) is 14.7 Å². The van der Waals surface area contributed by atoms with E-state index in [1.165, 1.54) is 5.56 Å². The van der Waals surface area contributed by atoms with E-state index in [9.17, 15) is 4.79 Å². The van der Waals surface area contributed by atoms with E-state index in [0.29, 0.717) is 24.4 Å². The average molecular weight is 373 g/mol. The standard InChI is InChI=1S/C21H31N3O3/c1-26-18-4-2-17(3-5-18)16-23-9-8-20-19(23)6-7-21(25)24(20)11-10-22-12-14-27-15-13-22/h2-5,19-20H,6-16H2,1H3/t19-,20-/m1/s1. The molecule has 1 aromatic carbocycles. The van der Waals surface area contributed by atoms with Crippen molar-refractivity contribution in [2.75, 3.05) is 53.0 Å². The highest BCUT2D eigenvalue weighted by molar-refractivity contribution is 5.77. The lowest BCUT2D eigenvalue weighted by Gasteiger charge is -2.41. The Morgan fingerprint density at radius 1 is 1.04 bits per heavy atom. The Balaban J connectivity index is 1.36. The third-order valence-electron chi connectivity index (χ3n) is 6.31. The fraction of sp³-hybridized carbons (Fsp3) is 0.667. The molecule has 4 rings (SSSR count).